The Labute approximate surface area is 67.0 Å². The van der Waals surface area contributed by atoms with E-state index in [9.17, 15) is 0 Å². The average Bonchev–Trinajstić information content (AvgIpc) is 2.01. The number of allylic oxidation sites excluding steroid dienone is 3. The topological polar surface area (TPSA) is 35.2 Å². The molecule has 0 aromatic heterocycles. The second-order valence-electron chi connectivity index (χ2n) is 2.46. The van der Waals surface area contributed by atoms with Gasteiger partial charge in [0.15, 0.2) is 0 Å². The Balaban J connectivity index is 2.45. The van der Waals surface area contributed by atoms with Gasteiger partial charge >= 0.3 is 0 Å². The molecule has 0 saturated carbocycles. The highest BCUT2D eigenvalue weighted by Gasteiger charge is 2.01. The van der Waals surface area contributed by atoms with Crippen molar-refractivity contribution in [2.75, 3.05) is 6.61 Å². The first-order valence-electron chi connectivity index (χ1n) is 3.73. The summed E-state index contributed by atoms with van der Waals surface area (Å²) in [5.41, 5.74) is 6.51. The van der Waals surface area contributed by atoms with Gasteiger partial charge in [0.25, 0.3) is 0 Å². The predicted octanol–water partition coefficient (Wildman–Crippen LogP) is 1.71. The van der Waals surface area contributed by atoms with E-state index < -0.39 is 0 Å². The van der Waals surface area contributed by atoms with Crippen LogP contribution < -0.4 is 5.73 Å². The predicted molar refractivity (Wildman–Crippen MR) is 45.7 cm³/mol. The Morgan fingerprint density at radius 3 is 3.18 bits per heavy atom. The second kappa shape index (κ2) is 3.86. The summed E-state index contributed by atoms with van der Waals surface area (Å²) in [5.74, 6) is 0.869. The zero-order chi connectivity index (χ0) is 8.10. The minimum Gasteiger partial charge on any atom is -0.490 e. The van der Waals surface area contributed by atoms with Crippen molar-refractivity contribution in [2.45, 2.75) is 12.8 Å². The van der Waals surface area contributed by atoms with E-state index in [-0.39, 0.29) is 0 Å². The smallest absolute Gasteiger partial charge is 0.117 e. The fourth-order valence-corrected chi connectivity index (χ4v) is 0.951. The van der Waals surface area contributed by atoms with Crippen LogP contribution in [0.4, 0.5) is 0 Å². The van der Waals surface area contributed by atoms with E-state index in [1.807, 2.05) is 12.2 Å². The number of ether oxygens (including phenoxy) is 1. The lowest BCUT2D eigenvalue weighted by Gasteiger charge is -2.10. The molecule has 0 atom stereocenters. The maximum Gasteiger partial charge on any atom is 0.117 e. The van der Waals surface area contributed by atoms with Crippen LogP contribution in [0.5, 0.6) is 0 Å². The molecule has 0 unspecified atom stereocenters. The minimum absolute atomic E-state index is 0.551. The van der Waals surface area contributed by atoms with Gasteiger partial charge in [-0.3, -0.25) is 0 Å². The van der Waals surface area contributed by atoms with Gasteiger partial charge in [0.2, 0.25) is 0 Å². The Morgan fingerprint density at radius 1 is 1.73 bits per heavy atom. The fourth-order valence-electron chi connectivity index (χ4n) is 0.951. The third kappa shape index (κ3) is 2.50. The largest absolute Gasteiger partial charge is 0.490 e. The summed E-state index contributed by atoms with van der Waals surface area (Å²) in [7, 11) is 0. The molecule has 0 bridgehead atoms. The van der Waals surface area contributed by atoms with Crippen molar-refractivity contribution in [2.24, 2.45) is 5.73 Å². The Hall–Kier alpha value is -1.18. The third-order valence-corrected chi connectivity index (χ3v) is 1.47. The molecule has 1 rings (SSSR count). The second-order valence-corrected chi connectivity index (χ2v) is 2.46. The highest BCUT2D eigenvalue weighted by molar-refractivity contribution is 5.21. The lowest BCUT2D eigenvalue weighted by Crippen LogP contribution is -2.03. The number of rotatable bonds is 3. The molecule has 11 heavy (non-hydrogen) atoms. The van der Waals surface area contributed by atoms with Crippen molar-refractivity contribution in [1.29, 1.82) is 0 Å². The lowest BCUT2D eigenvalue weighted by molar-refractivity contribution is 0.258. The molecule has 0 amide bonds. The molecule has 1 aliphatic carbocycles. The maximum absolute atomic E-state index is 5.61. The van der Waals surface area contributed by atoms with Crippen LogP contribution in [0.3, 0.4) is 0 Å². The van der Waals surface area contributed by atoms with E-state index in [1.54, 1.807) is 6.08 Å². The Bertz CT molecular complexity index is 204. The molecule has 0 aromatic rings. The highest BCUT2D eigenvalue weighted by atomic mass is 16.5. The summed E-state index contributed by atoms with van der Waals surface area (Å²) in [6, 6.07) is 0. The van der Waals surface area contributed by atoms with E-state index >= 15 is 0 Å². The van der Waals surface area contributed by atoms with Gasteiger partial charge in [-0.25, -0.2) is 0 Å². The molecule has 2 N–H and O–H groups in total. The summed E-state index contributed by atoms with van der Waals surface area (Å²) in [4.78, 5) is 0. The molecule has 1 aliphatic rings. The molecule has 2 heteroatoms. The van der Waals surface area contributed by atoms with Gasteiger partial charge in [-0.05, 0) is 25.0 Å². The molecule has 0 saturated heterocycles. The molecule has 0 aliphatic heterocycles. The van der Waals surface area contributed by atoms with Crippen LogP contribution in [0.2, 0.25) is 0 Å². The van der Waals surface area contributed by atoms with Gasteiger partial charge in [0.05, 0.1) is 0 Å². The van der Waals surface area contributed by atoms with Gasteiger partial charge in [0.1, 0.15) is 12.4 Å². The molecular formula is C9H13NO. The zero-order valence-corrected chi connectivity index (χ0v) is 6.55. The Morgan fingerprint density at radius 2 is 2.55 bits per heavy atom. The normalized spacial score (nSPS) is 16.7. The van der Waals surface area contributed by atoms with Gasteiger partial charge in [-0.1, -0.05) is 12.7 Å². The summed E-state index contributed by atoms with van der Waals surface area (Å²) in [6.45, 7) is 4.11. The third-order valence-electron chi connectivity index (χ3n) is 1.47. The molecular weight excluding hydrogens is 138 g/mol. The Kier molecular flexibility index (Phi) is 2.78. The van der Waals surface area contributed by atoms with E-state index in [0.29, 0.717) is 6.61 Å². The number of hydrogen-bond acceptors (Lipinski definition) is 2. The zero-order valence-electron chi connectivity index (χ0n) is 6.55. The quantitative estimate of drug-likeness (QED) is 0.623. The van der Waals surface area contributed by atoms with Crippen molar-refractivity contribution in [3.8, 4) is 0 Å². The lowest BCUT2D eigenvalue weighted by atomic mass is 10.1. The first-order chi connectivity index (χ1) is 5.33. The molecule has 0 radical (unpaired) electrons. The van der Waals surface area contributed by atoms with Crippen molar-refractivity contribution in [3.05, 3.63) is 36.3 Å². The van der Waals surface area contributed by atoms with E-state index in [0.717, 1.165) is 24.3 Å². The number of hydrogen-bond donors (Lipinski definition) is 1. The van der Waals surface area contributed by atoms with Crippen molar-refractivity contribution in [1.82, 2.24) is 0 Å². The van der Waals surface area contributed by atoms with E-state index in [4.69, 9.17) is 10.5 Å². The number of nitrogens with two attached hydrogens (primary N) is 1. The van der Waals surface area contributed by atoms with E-state index in [2.05, 4.69) is 6.58 Å². The van der Waals surface area contributed by atoms with Gasteiger partial charge in [-0.2, -0.15) is 0 Å². The molecule has 0 spiro atoms. The van der Waals surface area contributed by atoms with E-state index in [1.165, 1.54) is 0 Å². The molecule has 60 valence electrons. The highest BCUT2D eigenvalue weighted by Crippen LogP contribution is 2.13. The van der Waals surface area contributed by atoms with Crippen LogP contribution in [0, 0.1) is 0 Å². The van der Waals surface area contributed by atoms with Gasteiger partial charge in [0, 0.05) is 5.70 Å². The molecule has 0 heterocycles. The summed E-state index contributed by atoms with van der Waals surface area (Å²) >= 11 is 0. The summed E-state index contributed by atoms with van der Waals surface area (Å²) in [6.07, 6.45) is 7.56. The minimum atomic E-state index is 0.551. The molecule has 2 nitrogen and oxygen atoms in total. The first-order valence-corrected chi connectivity index (χ1v) is 3.73. The average molecular weight is 151 g/mol. The molecule has 0 aromatic carbocycles. The van der Waals surface area contributed by atoms with Gasteiger partial charge < -0.3 is 10.5 Å². The van der Waals surface area contributed by atoms with Crippen LogP contribution in [0.15, 0.2) is 36.3 Å². The summed E-state index contributed by atoms with van der Waals surface area (Å²) < 4.78 is 5.29. The van der Waals surface area contributed by atoms with Crippen molar-refractivity contribution >= 4 is 0 Å². The monoisotopic (exact) mass is 151 g/mol. The SMILES string of the molecule is C=CCOC1=CCCC(N)=C1. The standard InChI is InChI=1S/C9H13NO/c1-2-6-11-9-5-3-4-8(10)7-9/h2,5,7H,1,3-4,6,10H2. The van der Waals surface area contributed by atoms with Crippen LogP contribution in [0.1, 0.15) is 12.8 Å². The van der Waals surface area contributed by atoms with Crippen LogP contribution in [-0.4, -0.2) is 6.61 Å². The van der Waals surface area contributed by atoms with Gasteiger partial charge in [-0.15, -0.1) is 0 Å². The summed E-state index contributed by atoms with van der Waals surface area (Å²) in [5, 5.41) is 0. The van der Waals surface area contributed by atoms with Crippen LogP contribution in [-0.2, 0) is 4.74 Å². The van der Waals surface area contributed by atoms with Crippen LogP contribution in [0.25, 0.3) is 0 Å². The van der Waals surface area contributed by atoms with Crippen LogP contribution >= 0.6 is 0 Å². The van der Waals surface area contributed by atoms with Crippen molar-refractivity contribution in [3.63, 3.8) is 0 Å². The van der Waals surface area contributed by atoms with Crippen molar-refractivity contribution < 1.29 is 4.74 Å². The molecule has 0 fully saturated rings. The maximum atomic E-state index is 5.61. The first kappa shape index (κ1) is 7.92. The fraction of sp³-hybridized carbons (Fsp3) is 0.333.